The fourth-order valence-corrected chi connectivity index (χ4v) is 2.79. The number of aliphatic carboxylic acids is 1. The second-order valence-corrected chi connectivity index (χ2v) is 5.94. The van der Waals surface area contributed by atoms with Crippen LogP contribution in [0.4, 0.5) is 4.79 Å². The molecule has 1 fully saturated rings. The molecular weight excluding hydrogens is 296 g/mol. The summed E-state index contributed by atoms with van der Waals surface area (Å²) in [6.45, 7) is 3.73. The van der Waals surface area contributed by atoms with E-state index < -0.39 is 18.0 Å². The third kappa shape index (κ3) is 4.69. The molecule has 1 aromatic rings. The van der Waals surface area contributed by atoms with Crippen LogP contribution >= 0.6 is 0 Å². The van der Waals surface area contributed by atoms with Crippen LogP contribution in [0.1, 0.15) is 18.9 Å². The van der Waals surface area contributed by atoms with Crippen molar-refractivity contribution < 1.29 is 19.4 Å². The first-order valence-electron chi connectivity index (χ1n) is 7.90. The Morgan fingerprint density at radius 3 is 2.61 bits per heavy atom. The molecule has 2 rings (SSSR count). The third-order valence-electron chi connectivity index (χ3n) is 4.36. The van der Waals surface area contributed by atoms with E-state index >= 15 is 0 Å². The van der Waals surface area contributed by atoms with E-state index in [0.29, 0.717) is 13.0 Å². The van der Waals surface area contributed by atoms with Gasteiger partial charge < -0.3 is 19.6 Å². The Bertz CT molecular complexity index is 535. The fraction of sp³-hybridized carbons (Fsp3) is 0.529. The molecule has 0 unspecified atom stereocenters. The minimum atomic E-state index is -0.861. The first kappa shape index (κ1) is 17.3. The molecule has 0 aromatic heterocycles. The average Bonchev–Trinajstić information content (AvgIpc) is 2.59. The molecule has 0 aliphatic carbocycles. The van der Waals surface area contributed by atoms with Crippen molar-refractivity contribution in [2.24, 2.45) is 5.92 Å². The predicted octanol–water partition coefficient (Wildman–Crippen LogP) is 2.05. The largest absolute Gasteiger partial charge is 0.481 e. The fourth-order valence-electron chi connectivity index (χ4n) is 2.79. The average molecular weight is 320 g/mol. The van der Waals surface area contributed by atoms with Crippen LogP contribution in [0.2, 0.25) is 0 Å². The van der Waals surface area contributed by atoms with Gasteiger partial charge in [-0.3, -0.25) is 4.79 Å². The quantitative estimate of drug-likeness (QED) is 0.899. The van der Waals surface area contributed by atoms with Gasteiger partial charge in [0.25, 0.3) is 0 Å². The van der Waals surface area contributed by atoms with Gasteiger partial charge in [0.1, 0.15) is 6.61 Å². The molecule has 1 heterocycles. The highest BCUT2D eigenvalue weighted by molar-refractivity contribution is 5.73. The summed E-state index contributed by atoms with van der Waals surface area (Å²) >= 11 is 0. The number of rotatable bonds is 5. The number of ether oxygens (including phenoxy) is 1. The maximum Gasteiger partial charge on any atom is 0.410 e. The molecule has 1 aliphatic rings. The van der Waals surface area contributed by atoms with Gasteiger partial charge in [-0.05, 0) is 25.6 Å². The lowest BCUT2D eigenvalue weighted by molar-refractivity contribution is -0.144. The van der Waals surface area contributed by atoms with Crippen molar-refractivity contribution in [2.75, 3.05) is 26.7 Å². The lowest BCUT2D eigenvalue weighted by Crippen LogP contribution is -2.53. The van der Waals surface area contributed by atoms with Crippen LogP contribution in [-0.2, 0) is 16.1 Å². The molecule has 0 bridgehead atoms. The van der Waals surface area contributed by atoms with Crippen molar-refractivity contribution >= 4 is 12.1 Å². The molecule has 126 valence electrons. The SMILES string of the molecule is CCN(C)[C@H]1C[C@@H](C(=O)O)CN(C(=O)OCc2ccccc2)C1. The van der Waals surface area contributed by atoms with Crippen LogP contribution < -0.4 is 0 Å². The van der Waals surface area contributed by atoms with Crippen molar-refractivity contribution in [1.29, 1.82) is 0 Å². The Kier molecular flexibility index (Phi) is 5.98. The molecule has 6 heteroatoms. The summed E-state index contributed by atoms with van der Waals surface area (Å²) in [4.78, 5) is 27.2. The maximum atomic E-state index is 12.3. The number of carbonyl (C=O) groups excluding carboxylic acids is 1. The van der Waals surface area contributed by atoms with E-state index in [2.05, 4.69) is 4.90 Å². The highest BCUT2D eigenvalue weighted by Gasteiger charge is 2.35. The van der Waals surface area contributed by atoms with Gasteiger partial charge in [-0.25, -0.2) is 4.79 Å². The van der Waals surface area contributed by atoms with Gasteiger partial charge >= 0.3 is 12.1 Å². The summed E-state index contributed by atoms with van der Waals surface area (Å²) in [5.41, 5.74) is 0.912. The molecule has 0 saturated carbocycles. The number of amides is 1. The van der Waals surface area contributed by atoms with E-state index in [9.17, 15) is 14.7 Å². The number of likely N-dealkylation sites (tertiary alicyclic amines) is 1. The summed E-state index contributed by atoms with van der Waals surface area (Å²) < 4.78 is 5.33. The highest BCUT2D eigenvalue weighted by atomic mass is 16.6. The Hall–Kier alpha value is -2.08. The molecule has 6 nitrogen and oxygen atoms in total. The number of carbonyl (C=O) groups is 2. The Morgan fingerprint density at radius 2 is 2.00 bits per heavy atom. The first-order chi connectivity index (χ1) is 11.0. The second-order valence-electron chi connectivity index (χ2n) is 5.94. The zero-order chi connectivity index (χ0) is 16.8. The molecule has 2 atom stereocenters. The number of carboxylic acid groups (broad SMARTS) is 1. The molecule has 0 spiro atoms. The monoisotopic (exact) mass is 320 g/mol. The zero-order valence-corrected chi connectivity index (χ0v) is 13.6. The normalized spacial score (nSPS) is 21.3. The second kappa shape index (κ2) is 7.97. The van der Waals surface area contributed by atoms with Crippen molar-refractivity contribution in [2.45, 2.75) is 26.0 Å². The van der Waals surface area contributed by atoms with Gasteiger partial charge in [-0.15, -0.1) is 0 Å². The van der Waals surface area contributed by atoms with E-state index in [0.717, 1.165) is 12.1 Å². The summed E-state index contributed by atoms with van der Waals surface area (Å²) in [6, 6.07) is 9.49. The van der Waals surface area contributed by atoms with Crippen molar-refractivity contribution in [3.05, 3.63) is 35.9 Å². The summed E-state index contributed by atoms with van der Waals surface area (Å²) in [6.07, 6.45) is 0.108. The van der Waals surface area contributed by atoms with Crippen molar-refractivity contribution in [3.63, 3.8) is 0 Å². The number of likely N-dealkylation sites (N-methyl/N-ethyl adjacent to an activating group) is 1. The van der Waals surface area contributed by atoms with E-state index in [4.69, 9.17) is 4.74 Å². The number of hydrogen-bond acceptors (Lipinski definition) is 4. The van der Waals surface area contributed by atoms with Crippen LogP contribution in [0.25, 0.3) is 0 Å². The van der Waals surface area contributed by atoms with Crippen molar-refractivity contribution in [3.8, 4) is 0 Å². The number of carboxylic acids is 1. The number of piperidine rings is 1. The van der Waals surface area contributed by atoms with Crippen LogP contribution in [0.15, 0.2) is 30.3 Å². The van der Waals surface area contributed by atoms with Gasteiger partial charge in [-0.1, -0.05) is 37.3 Å². The van der Waals surface area contributed by atoms with Crippen LogP contribution in [0.5, 0.6) is 0 Å². The minimum Gasteiger partial charge on any atom is -0.481 e. The number of nitrogens with zero attached hydrogens (tertiary/aromatic N) is 2. The Morgan fingerprint density at radius 1 is 1.30 bits per heavy atom. The molecule has 1 saturated heterocycles. The molecule has 23 heavy (non-hydrogen) atoms. The standard InChI is InChI=1S/C17H24N2O4/c1-3-18(2)15-9-14(16(20)21)10-19(11-15)17(22)23-12-13-7-5-4-6-8-13/h4-8,14-15H,3,9-12H2,1-2H3,(H,20,21)/t14-,15+/m1/s1. The molecule has 0 radical (unpaired) electrons. The van der Waals surface area contributed by atoms with Gasteiger partial charge in [0.05, 0.1) is 5.92 Å². The van der Waals surface area contributed by atoms with E-state index in [-0.39, 0.29) is 19.2 Å². The van der Waals surface area contributed by atoms with E-state index in [1.165, 1.54) is 4.90 Å². The molecule has 1 aliphatic heterocycles. The Balaban J connectivity index is 1.98. The van der Waals surface area contributed by atoms with Crippen LogP contribution in [0, 0.1) is 5.92 Å². The molecule has 1 N–H and O–H groups in total. The van der Waals surface area contributed by atoms with Gasteiger partial charge in [0.15, 0.2) is 0 Å². The number of hydrogen-bond donors (Lipinski definition) is 1. The lowest BCUT2D eigenvalue weighted by Gasteiger charge is -2.39. The summed E-state index contributed by atoms with van der Waals surface area (Å²) in [5.74, 6) is -1.41. The summed E-state index contributed by atoms with van der Waals surface area (Å²) in [7, 11) is 1.95. The third-order valence-corrected chi connectivity index (χ3v) is 4.36. The highest BCUT2D eigenvalue weighted by Crippen LogP contribution is 2.21. The minimum absolute atomic E-state index is 0.0409. The van der Waals surface area contributed by atoms with Crippen LogP contribution in [0.3, 0.4) is 0 Å². The maximum absolute atomic E-state index is 12.3. The van der Waals surface area contributed by atoms with Gasteiger partial charge in [-0.2, -0.15) is 0 Å². The van der Waals surface area contributed by atoms with E-state index in [1.807, 2.05) is 44.3 Å². The topological polar surface area (TPSA) is 70.1 Å². The molecular formula is C17H24N2O4. The summed E-state index contributed by atoms with van der Waals surface area (Å²) in [5, 5.41) is 9.32. The van der Waals surface area contributed by atoms with Gasteiger partial charge in [0.2, 0.25) is 0 Å². The van der Waals surface area contributed by atoms with Crippen molar-refractivity contribution in [1.82, 2.24) is 9.80 Å². The Labute approximate surface area is 136 Å². The smallest absolute Gasteiger partial charge is 0.410 e. The zero-order valence-electron chi connectivity index (χ0n) is 13.6. The lowest BCUT2D eigenvalue weighted by atomic mass is 9.94. The first-order valence-corrected chi connectivity index (χ1v) is 7.90. The van der Waals surface area contributed by atoms with Gasteiger partial charge in [0, 0.05) is 19.1 Å². The molecule has 1 aromatic carbocycles. The molecule has 1 amide bonds. The predicted molar refractivity (Wildman–Crippen MR) is 86.0 cm³/mol. The van der Waals surface area contributed by atoms with Crippen LogP contribution in [-0.4, -0.2) is 59.7 Å². The number of benzene rings is 1. The van der Waals surface area contributed by atoms with E-state index in [1.54, 1.807) is 0 Å².